The number of aryl methyl sites for hydroxylation is 1. The highest BCUT2D eigenvalue weighted by Gasteiger charge is 2.10. The summed E-state index contributed by atoms with van der Waals surface area (Å²) in [6, 6.07) is 12.0. The summed E-state index contributed by atoms with van der Waals surface area (Å²) in [7, 11) is 2.05. The fourth-order valence-corrected chi connectivity index (χ4v) is 2.28. The van der Waals surface area contributed by atoms with Gasteiger partial charge in [-0.25, -0.2) is 0 Å². The quantitative estimate of drug-likeness (QED) is 0.781. The van der Waals surface area contributed by atoms with Gasteiger partial charge in [0.2, 0.25) is 0 Å². The van der Waals surface area contributed by atoms with E-state index in [1.165, 1.54) is 5.56 Å². The highest BCUT2D eigenvalue weighted by molar-refractivity contribution is 5.58. The van der Waals surface area contributed by atoms with Crippen LogP contribution in [0.25, 0.3) is 11.3 Å². The molecule has 1 N–H and O–H groups in total. The summed E-state index contributed by atoms with van der Waals surface area (Å²) < 4.78 is 5.42. The van der Waals surface area contributed by atoms with Crippen LogP contribution >= 0.6 is 0 Å². The second-order valence-corrected chi connectivity index (χ2v) is 5.24. The largest absolute Gasteiger partial charge is 0.359 e. The van der Waals surface area contributed by atoms with Crippen LogP contribution in [0.2, 0.25) is 0 Å². The molecule has 0 atom stereocenters. The molecule has 0 aliphatic carbocycles. The SMILES string of the molecule is Cc1[nH]ncc1CN(C)Cc1cc(-c2ccccc2)no1. The van der Waals surface area contributed by atoms with Gasteiger partial charge in [-0.3, -0.25) is 10.00 Å². The first-order valence-electron chi connectivity index (χ1n) is 6.91. The smallest absolute Gasteiger partial charge is 0.151 e. The molecule has 0 fully saturated rings. The van der Waals surface area contributed by atoms with Crippen molar-refractivity contribution in [2.45, 2.75) is 20.0 Å². The minimum Gasteiger partial charge on any atom is -0.359 e. The fraction of sp³-hybridized carbons (Fsp3) is 0.250. The van der Waals surface area contributed by atoms with Gasteiger partial charge in [0.15, 0.2) is 5.76 Å². The van der Waals surface area contributed by atoms with Gasteiger partial charge in [0, 0.05) is 29.4 Å². The molecule has 0 aliphatic heterocycles. The van der Waals surface area contributed by atoms with Crippen LogP contribution in [-0.2, 0) is 13.1 Å². The number of aromatic amines is 1. The van der Waals surface area contributed by atoms with Crippen molar-refractivity contribution in [3.63, 3.8) is 0 Å². The number of rotatable bonds is 5. The van der Waals surface area contributed by atoms with Crippen molar-refractivity contribution in [1.29, 1.82) is 0 Å². The zero-order chi connectivity index (χ0) is 14.7. The normalized spacial score (nSPS) is 11.2. The van der Waals surface area contributed by atoms with Crippen LogP contribution in [0.3, 0.4) is 0 Å². The molecule has 3 aromatic rings. The van der Waals surface area contributed by atoms with Gasteiger partial charge in [-0.1, -0.05) is 35.5 Å². The molecule has 1 aromatic carbocycles. The Labute approximate surface area is 123 Å². The molecular weight excluding hydrogens is 264 g/mol. The second kappa shape index (κ2) is 5.93. The van der Waals surface area contributed by atoms with Crippen LogP contribution in [0.1, 0.15) is 17.0 Å². The molecule has 0 bridgehead atoms. The highest BCUT2D eigenvalue weighted by Crippen LogP contribution is 2.19. The highest BCUT2D eigenvalue weighted by atomic mass is 16.5. The van der Waals surface area contributed by atoms with Gasteiger partial charge < -0.3 is 4.52 Å². The second-order valence-electron chi connectivity index (χ2n) is 5.24. The van der Waals surface area contributed by atoms with E-state index in [-0.39, 0.29) is 0 Å². The Morgan fingerprint density at radius 3 is 2.71 bits per heavy atom. The Hall–Kier alpha value is -2.40. The van der Waals surface area contributed by atoms with E-state index in [1.807, 2.05) is 49.5 Å². The molecule has 5 heteroatoms. The van der Waals surface area contributed by atoms with E-state index in [1.54, 1.807) is 0 Å². The van der Waals surface area contributed by atoms with Crippen molar-refractivity contribution in [3.05, 3.63) is 59.6 Å². The zero-order valence-corrected chi connectivity index (χ0v) is 12.2. The van der Waals surface area contributed by atoms with E-state index >= 15 is 0 Å². The predicted molar refractivity (Wildman–Crippen MR) is 80.4 cm³/mol. The van der Waals surface area contributed by atoms with Gasteiger partial charge in [0.05, 0.1) is 12.7 Å². The molecule has 0 saturated carbocycles. The first-order valence-corrected chi connectivity index (χ1v) is 6.91. The summed E-state index contributed by atoms with van der Waals surface area (Å²) >= 11 is 0. The van der Waals surface area contributed by atoms with E-state index in [2.05, 4.69) is 27.3 Å². The Bertz CT molecular complexity index is 702. The van der Waals surface area contributed by atoms with Crippen molar-refractivity contribution in [2.24, 2.45) is 0 Å². The monoisotopic (exact) mass is 282 g/mol. The van der Waals surface area contributed by atoms with Crippen LogP contribution in [0, 0.1) is 6.92 Å². The molecule has 2 aromatic heterocycles. The molecule has 0 amide bonds. The average Bonchev–Trinajstić information content (AvgIpc) is 3.10. The Morgan fingerprint density at radius 2 is 2.00 bits per heavy atom. The lowest BCUT2D eigenvalue weighted by atomic mass is 10.1. The van der Waals surface area contributed by atoms with Gasteiger partial charge in [-0.15, -0.1) is 0 Å². The first kappa shape index (κ1) is 13.6. The van der Waals surface area contributed by atoms with Crippen molar-refractivity contribution in [2.75, 3.05) is 7.05 Å². The summed E-state index contributed by atoms with van der Waals surface area (Å²) in [5, 5.41) is 11.1. The first-order chi connectivity index (χ1) is 10.2. The van der Waals surface area contributed by atoms with Gasteiger partial charge in [-0.2, -0.15) is 5.10 Å². The summed E-state index contributed by atoms with van der Waals surface area (Å²) in [6.45, 7) is 3.56. The van der Waals surface area contributed by atoms with Crippen LogP contribution < -0.4 is 0 Å². The maximum absolute atomic E-state index is 5.42. The zero-order valence-electron chi connectivity index (χ0n) is 12.2. The van der Waals surface area contributed by atoms with Gasteiger partial charge in [-0.05, 0) is 14.0 Å². The number of aromatic nitrogens is 3. The summed E-state index contributed by atoms with van der Waals surface area (Å²) in [5.74, 6) is 0.859. The number of benzene rings is 1. The van der Waals surface area contributed by atoms with Crippen LogP contribution in [-0.4, -0.2) is 27.3 Å². The lowest BCUT2D eigenvalue weighted by Crippen LogP contribution is -2.17. The third kappa shape index (κ3) is 3.20. The molecule has 5 nitrogen and oxygen atoms in total. The summed E-state index contributed by atoms with van der Waals surface area (Å²) in [6.07, 6.45) is 1.86. The topological polar surface area (TPSA) is 58.0 Å². The maximum Gasteiger partial charge on any atom is 0.151 e. The number of hydrogen-bond acceptors (Lipinski definition) is 4. The van der Waals surface area contributed by atoms with Crippen molar-refractivity contribution < 1.29 is 4.52 Å². The average molecular weight is 282 g/mol. The molecule has 0 saturated heterocycles. The number of nitrogens with zero attached hydrogens (tertiary/aromatic N) is 3. The van der Waals surface area contributed by atoms with Crippen molar-refractivity contribution in [3.8, 4) is 11.3 Å². The molecule has 0 radical (unpaired) electrons. The van der Waals surface area contributed by atoms with Gasteiger partial charge in [0.1, 0.15) is 5.69 Å². The fourth-order valence-electron chi connectivity index (χ4n) is 2.28. The van der Waals surface area contributed by atoms with Gasteiger partial charge in [0.25, 0.3) is 0 Å². The molecule has 2 heterocycles. The van der Waals surface area contributed by atoms with Crippen LogP contribution in [0.4, 0.5) is 0 Å². The van der Waals surface area contributed by atoms with Crippen LogP contribution in [0.15, 0.2) is 47.1 Å². The van der Waals surface area contributed by atoms with E-state index in [9.17, 15) is 0 Å². The molecule has 3 rings (SSSR count). The lowest BCUT2D eigenvalue weighted by Gasteiger charge is -2.13. The molecule has 0 aliphatic rings. The molecule has 21 heavy (non-hydrogen) atoms. The minimum absolute atomic E-state index is 0.713. The Balaban J connectivity index is 1.66. The summed E-state index contributed by atoms with van der Waals surface area (Å²) in [5.41, 5.74) is 4.24. The Kier molecular flexibility index (Phi) is 3.83. The van der Waals surface area contributed by atoms with E-state index in [0.717, 1.165) is 29.3 Å². The standard InChI is InChI=1S/C16H18N4O/c1-12-14(9-17-18-12)10-20(2)11-15-8-16(19-21-15)13-6-4-3-5-7-13/h3-9H,10-11H2,1-2H3,(H,17,18). The maximum atomic E-state index is 5.42. The van der Waals surface area contributed by atoms with E-state index < -0.39 is 0 Å². The molecule has 0 spiro atoms. The predicted octanol–water partition coefficient (Wildman–Crippen LogP) is 3.01. The molecular formula is C16H18N4O. The van der Waals surface area contributed by atoms with Crippen LogP contribution in [0.5, 0.6) is 0 Å². The third-order valence-electron chi connectivity index (χ3n) is 3.43. The number of nitrogens with one attached hydrogen (secondary N) is 1. The lowest BCUT2D eigenvalue weighted by molar-refractivity contribution is 0.266. The Morgan fingerprint density at radius 1 is 1.19 bits per heavy atom. The minimum atomic E-state index is 0.713. The van der Waals surface area contributed by atoms with E-state index in [0.29, 0.717) is 6.54 Å². The third-order valence-corrected chi connectivity index (χ3v) is 3.43. The number of hydrogen-bond donors (Lipinski definition) is 1. The molecule has 108 valence electrons. The van der Waals surface area contributed by atoms with Gasteiger partial charge >= 0.3 is 0 Å². The summed E-state index contributed by atoms with van der Waals surface area (Å²) in [4.78, 5) is 2.17. The molecule has 0 unspecified atom stereocenters. The number of H-pyrrole nitrogens is 1. The van der Waals surface area contributed by atoms with Crippen molar-refractivity contribution in [1.82, 2.24) is 20.3 Å². The van der Waals surface area contributed by atoms with E-state index in [4.69, 9.17) is 4.52 Å². The van der Waals surface area contributed by atoms with Crippen molar-refractivity contribution >= 4 is 0 Å².